The van der Waals surface area contributed by atoms with E-state index in [1.165, 1.54) is 43.3 Å². The number of esters is 1. The molecule has 1 aromatic heterocycles. The van der Waals surface area contributed by atoms with Crippen molar-refractivity contribution in [1.29, 1.82) is 0 Å². The minimum atomic E-state index is -2.02. The summed E-state index contributed by atoms with van der Waals surface area (Å²) in [5, 5.41) is 103. The number of aliphatic hydroxyl groups excluding tert-OH is 5. The van der Waals surface area contributed by atoms with Crippen molar-refractivity contribution in [1.82, 2.24) is 0 Å². The van der Waals surface area contributed by atoms with E-state index in [0.717, 1.165) is 30.3 Å². The number of phenolic OH excluding ortho intramolecular Hbond substituents is 5. The highest BCUT2D eigenvalue weighted by Gasteiger charge is 2.50. The van der Waals surface area contributed by atoms with Crippen molar-refractivity contribution in [3.63, 3.8) is 0 Å². The maximum atomic E-state index is 14.0. The molecule has 18 heteroatoms. The van der Waals surface area contributed by atoms with E-state index in [0.29, 0.717) is 5.56 Å². The summed E-state index contributed by atoms with van der Waals surface area (Å²) in [6.45, 7) is 0.728. The average Bonchev–Trinajstić information content (AvgIpc) is 3.13. The standard InChI is InChI=1S/C36H36O18/c1-14-26(43)29(46)31(48)35(50-14)49-13-23-27(44)30(47)34(53-24(42)9-4-15-2-6-17(37)7-3-15)36(52-23)54-33-28(45)25-21(41)11-18(38)12-22(25)51-32(33)16-5-8-19(39)20(40)10-16/h2-12,14,23,26-27,29-31,34-41,43-44,46-48H,13H2,1H3/b9-4+/t14-,23-,26+,27-,29-,30+,31+,34+,35-,36+/m1/s1. The second kappa shape index (κ2) is 15.5. The second-order valence-corrected chi connectivity index (χ2v) is 12.6. The van der Waals surface area contributed by atoms with E-state index in [1.54, 1.807) is 0 Å². The third kappa shape index (κ3) is 7.77. The monoisotopic (exact) mass is 756 g/mol. The molecule has 0 unspecified atom stereocenters. The van der Waals surface area contributed by atoms with Gasteiger partial charge in [-0.15, -0.1) is 0 Å². The van der Waals surface area contributed by atoms with E-state index < -0.39 is 119 Å². The third-order valence-corrected chi connectivity index (χ3v) is 8.82. The molecule has 10 N–H and O–H groups in total. The van der Waals surface area contributed by atoms with Crippen LogP contribution in [0.2, 0.25) is 0 Å². The van der Waals surface area contributed by atoms with Gasteiger partial charge in [-0.05, 0) is 48.9 Å². The second-order valence-electron chi connectivity index (χ2n) is 12.6. The molecule has 3 heterocycles. The highest BCUT2D eigenvalue weighted by atomic mass is 16.7. The lowest BCUT2D eigenvalue weighted by Crippen LogP contribution is -2.62. The van der Waals surface area contributed by atoms with Crippen molar-refractivity contribution >= 4 is 23.0 Å². The van der Waals surface area contributed by atoms with Crippen LogP contribution >= 0.6 is 0 Å². The Morgan fingerprint density at radius 1 is 0.759 bits per heavy atom. The van der Waals surface area contributed by atoms with Gasteiger partial charge in [-0.1, -0.05) is 12.1 Å². The number of hydrogen-bond donors (Lipinski definition) is 10. The first-order valence-electron chi connectivity index (χ1n) is 16.3. The minimum absolute atomic E-state index is 0.0253. The Balaban J connectivity index is 1.38. The van der Waals surface area contributed by atoms with Crippen LogP contribution in [0.1, 0.15) is 12.5 Å². The molecule has 54 heavy (non-hydrogen) atoms. The quantitative estimate of drug-likeness (QED) is 0.0623. The van der Waals surface area contributed by atoms with Gasteiger partial charge in [0.25, 0.3) is 0 Å². The summed E-state index contributed by atoms with van der Waals surface area (Å²) in [6.07, 6.45) is -14.5. The van der Waals surface area contributed by atoms with Crippen LogP contribution in [0.25, 0.3) is 28.4 Å². The number of carbonyl (C=O) groups is 1. The first-order chi connectivity index (χ1) is 25.6. The van der Waals surface area contributed by atoms with Gasteiger partial charge in [0.05, 0.1) is 12.7 Å². The molecular formula is C36H36O18. The lowest BCUT2D eigenvalue weighted by atomic mass is 9.98. The highest BCUT2D eigenvalue weighted by molar-refractivity contribution is 5.89. The van der Waals surface area contributed by atoms with Gasteiger partial charge in [0, 0.05) is 23.8 Å². The van der Waals surface area contributed by atoms with Crippen molar-refractivity contribution < 1.29 is 84.0 Å². The Hall–Kier alpha value is -5.44. The van der Waals surface area contributed by atoms with Gasteiger partial charge in [-0.2, -0.15) is 0 Å². The number of benzene rings is 3. The van der Waals surface area contributed by atoms with Crippen molar-refractivity contribution in [2.24, 2.45) is 0 Å². The molecule has 4 aromatic rings. The lowest BCUT2D eigenvalue weighted by Gasteiger charge is -2.43. The van der Waals surface area contributed by atoms with Crippen molar-refractivity contribution in [3.05, 3.63) is 76.5 Å². The lowest BCUT2D eigenvalue weighted by molar-refractivity contribution is -0.319. The summed E-state index contributed by atoms with van der Waals surface area (Å²) in [7, 11) is 0. The van der Waals surface area contributed by atoms with Crippen LogP contribution in [0.5, 0.6) is 34.5 Å². The van der Waals surface area contributed by atoms with Gasteiger partial charge in [0.1, 0.15) is 64.8 Å². The number of aromatic hydroxyl groups is 5. The van der Waals surface area contributed by atoms with Gasteiger partial charge in [-0.25, -0.2) is 4.79 Å². The van der Waals surface area contributed by atoms with Crippen molar-refractivity contribution in [2.75, 3.05) is 6.61 Å². The zero-order chi connectivity index (χ0) is 39.0. The molecule has 3 aromatic carbocycles. The van der Waals surface area contributed by atoms with Crippen LogP contribution in [-0.2, 0) is 23.7 Å². The predicted molar refractivity (Wildman–Crippen MR) is 181 cm³/mol. The molecule has 0 radical (unpaired) electrons. The number of ether oxygens (including phenoxy) is 5. The normalized spacial score (nSPS) is 28.6. The molecule has 0 amide bonds. The highest BCUT2D eigenvalue weighted by Crippen LogP contribution is 2.40. The zero-order valence-electron chi connectivity index (χ0n) is 28.1. The molecule has 2 fully saturated rings. The number of fused-ring (bicyclic) bond motifs is 1. The summed E-state index contributed by atoms with van der Waals surface area (Å²) in [4.78, 5) is 27.1. The Kier molecular flexibility index (Phi) is 11.0. The van der Waals surface area contributed by atoms with Gasteiger partial charge in [0.2, 0.25) is 17.5 Å². The molecule has 0 spiro atoms. The number of carbonyl (C=O) groups excluding carboxylic acids is 1. The number of rotatable bonds is 9. The van der Waals surface area contributed by atoms with Crippen LogP contribution in [-0.4, -0.2) is 125 Å². The van der Waals surface area contributed by atoms with E-state index in [9.17, 15) is 60.7 Å². The van der Waals surface area contributed by atoms with Gasteiger partial charge in [-0.3, -0.25) is 4.79 Å². The fourth-order valence-corrected chi connectivity index (χ4v) is 5.87. The molecule has 2 saturated heterocycles. The first-order valence-corrected chi connectivity index (χ1v) is 16.3. The fourth-order valence-electron chi connectivity index (χ4n) is 5.87. The summed E-state index contributed by atoms with van der Waals surface area (Å²) in [5.74, 6) is -4.71. The summed E-state index contributed by atoms with van der Waals surface area (Å²) in [5.41, 5.74) is -1.03. The van der Waals surface area contributed by atoms with Crippen molar-refractivity contribution in [2.45, 2.75) is 68.3 Å². The van der Waals surface area contributed by atoms with E-state index in [1.807, 2.05) is 0 Å². The first kappa shape index (κ1) is 38.3. The Morgan fingerprint density at radius 2 is 1.48 bits per heavy atom. The van der Waals surface area contributed by atoms with Gasteiger partial charge >= 0.3 is 5.97 Å². The SMILES string of the molecule is C[C@H]1O[C@@H](OC[C@H]2O[C@@H](Oc3c(-c4ccc(O)c(O)c4)oc4cc(O)cc(O)c4c3=O)[C@@H](OC(=O)/C=C/c3ccc(O)cc3)[C@@H](O)[C@@H]2O)[C@@H](O)[C@H](O)[C@H]1O. The molecule has 288 valence electrons. The van der Waals surface area contributed by atoms with Crippen LogP contribution in [0.3, 0.4) is 0 Å². The molecule has 0 bridgehead atoms. The van der Waals surface area contributed by atoms with Crippen LogP contribution < -0.4 is 10.2 Å². The zero-order valence-corrected chi connectivity index (χ0v) is 28.1. The molecule has 2 aliphatic heterocycles. The van der Waals surface area contributed by atoms with E-state index in [4.69, 9.17) is 28.1 Å². The predicted octanol–water partition coefficient (Wildman–Crippen LogP) is 0.283. The molecular weight excluding hydrogens is 720 g/mol. The largest absolute Gasteiger partial charge is 0.508 e. The van der Waals surface area contributed by atoms with Crippen LogP contribution in [0, 0.1) is 0 Å². The third-order valence-electron chi connectivity index (χ3n) is 8.82. The Morgan fingerprint density at radius 3 is 2.19 bits per heavy atom. The fraction of sp³-hybridized carbons (Fsp3) is 0.333. The van der Waals surface area contributed by atoms with Crippen molar-refractivity contribution in [3.8, 4) is 45.8 Å². The van der Waals surface area contributed by atoms with Gasteiger partial charge in [0.15, 0.2) is 29.7 Å². The molecule has 2 aliphatic rings. The van der Waals surface area contributed by atoms with E-state index in [-0.39, 0.29) is 16.9 Å². The molecule has 18 nitrogen and oxygen atoms in total. The number of hydrogen-bond acceptors (Lipinski definition) is 18. The summed E-state index contributed by atoms with van der Waals surface area (Å²) in [6, 6.07) is 10.9. The number of aliphatic hydroxyl groups is 5. The molecule has 0 saturated carbocycles. The minimum Gasteiger partial charge on any atom is -0.508 e. The number of phenols is 5. The van der Waals surface area contributed by atoms with Gasteiger partial charge < -0.3 is 79.2 Å². The molecule has 10 atom stereocenters. The maximum absolute atomic E-state index is 14.0. The smallest absolute Gasteiger partial charge is 0.331 e. The topological polar surface area (TPSA) is 296 Å². The average molecular weight is 757 g/mol. The summed E-state index contributed by atoms with van der Waals surface area (Å²) < 4.78 is 34.2. The molecule has 6 rings (SSSR count). The van der Waals surface area contributed by atoms with Crippen LogP contribution in [0.4, 0.5) is 0 Å². The van der Waals surface area contributed by atoms with Crippen LogP contribution in [0.15, 0.2) is 69.9 Å². The Bertz CT molecular complexity index is 2080. The molecule has 0 aliphatic carbocycles. The van der Waals surface area contributed by atoms with E-state index >= 15 is 0 Å². The van der Waals surface area contributed by atoms with E-state index in [2.05, 4.69) is 0 Å². The Labute approximate surface area is 304 Å². The summed E-state index contributed by atoms with van der Waals surface area (Å²) >= 11 is 0. The maximum Gasteiger partial charge on any atom is 0.331 e.